The second kappa shape index (κ2) is 4.81. The van der Waals surface area contributed by atoms with E-state index in [1.807, 2.05) is 0 Å². The van der Waals surface area contributed by atoms with E-state index in [1.165, 1.54) is 12.1 Å². The molecule has 1 atom stereocenters. The Morgan fingerprint density at radius 1 is 1.39 bits per heavy atom. The predicted molar refractivity (Wildman–Crippen MR) is 66.7 cm³/mol. The van der Waals surface area contributed by atoms with E-state index in [9.17, 15) is 18.3 Å². The van der Waals surface area contributed by atoms with Crippen LogP contribution in [0.15, 0.2) is 35.7 Å². The van der Waals surface area contributed by atoms with Gasteiger partial charge in [-0.05, 0) is 12.1 Å². The van der Waals surface area contributed by atoms with Crippen molar-refractivity contribution >= 4 is 15.7 Å². The van der Waals surface area contributed by atoms with Gasteiger partial charge in [-0.25, -0.2) is 8.42 Å². The van der Waals surface area contributed by atoms with Crippen LogP contribution in [0.5, 0.6) is 5.75 Å². The van der Waals surface area contributed by atoms with Crippen LogP contribution in [-0.2, 0) is 21.1 Å². The topological polar surface area (TPSA) is 83.5 Å². The minimum absolute atomic E-state index is 0.0249. The molecule has 1 aromatic rings. The maximum absolute atomic E-state index is 11.7. The fourth-order valence-electron chi connectivity index (χ4n) is 1.76. The fourth-order valence-corrected chi connectivity index (χ4v) is 2.99. The molecule has 0 bridgehead atoms. The first-order valence-electron chi connectivity index (χ1n) is 5.43. The average molecular weight is 267 g/mol. The summed E-state index contributed by atoms with van der Waals surface area (Å²) < 4.78 is 22.3. The third kappa shape index (κ3) is 3.10. The molecule has 96 valence electrons. The SMILES string of the molecule is O=C(Cc1ccccc1O)NC1C=CS(=O)(=O)C1. The molecule has 1 aliphatic heterocycles. The van der Waals surface area contributed by atoms with Gasteiger partial charge in [-0.1, -0.05) is 18.2 Å². The normalized spacial score (nSPS) is 20.8. The number of para-hydroxylation sites is 1. The number of benzene rings is 1. The lowest BCUT2D eigenvalue weighted by molar-refractivity contribution is -0.120. The van der Waals surface area contributed by atoms with Gasteiger partial charge in [0.15, 0.2) is 9.84 Å². The van der Waals surface area contributed by atoms with Crippen molar-refractivity contribution in [1.29, 1.82) is 0 Å². The monoisotopic (exact) mass is 267 g/mol. The zero-order chi connectivity index (χ0) is 13.2. The van der Waals surface area contributed by atoms with Crippen molar-refractivity contribution in [2.75, 3.05) is 5.75 Å². The Balaban J connectivity index is 1.95. The number of nitrogens with one attached hydrogen (secondary N) is 1. The van der Waals surface area contributed by atoms with Crippen molar-refractivity contribution in [3.63, 3.8) is 0 Å². The number of phenols is 1. The molecule has 0 fully saturated rings. The summed E-state index contributed by atoms with van der Waals surface area (Å²) in [5.74, 6) is -0.357. The van der Waals surface area contributed by atoms with Gasteiger partial charge in [-0.15, -0.1) is 0 Å². The van der Waals surface area contributed by atoms with Gasteiger partial charge < -0.3 is 10.4 Å². The summed E-state index contributed by atoms with van der Waals surface area (Å²) >= 11 is 0. The van der Waals surface area contributed by atoms with E-state index in [1.54, 1.807) is 18.2 Å². The van der Waals surface area contributed by atoms with E-state index in [2.05, 4.69) is 5.32 Å². The van der Waals surface area contributed by atoms with Crippen LogP contribution < -0.4 is 5.32 Å². The van der Waals surface area contributed by atoms with Crippen LogP contribution >= 0.6 is 0 Å². The van der Waals surface area contributed by atoms with Crippen molar-refractivity contribution in [2.24, 2.45) is 0 Å². The molecule has 1 heterocycles. The molecule has 1 unspecified atom stereocenters. The molecule has 0 radical (unpaired) electrons. The Kier molecular flexibility index (Phi) is 3.38. The molecular formula is C12H13NO4S. The van der Waals surface area contributed by atoms with E-state index >= 15 is 0 Å². The number of carbonyl (C=O) groups excluding carboxylic acids is 1. The summed E-state index contributed by atoms with van der Waals surface area (Å²) in [4.78, 5) is 11.7. The molecule has 0 aromatic heterocycles. The Hall–Kier alpha value is -1.82. The van der Waals surface area contributed by atoms with E-state index in [0.717, 1.165) is 5.41 Å². The van der Waals surface area contributed by atoms with Crippen molar-refractivity contribution in [2.45, 2.75) is 12.5 Å². The van der Waals surface area contributed by atoms with Gasteiger partial charge in [0.2, 0.25) is 5.91 Å². The molecule has 0 saturated heterocycles. The van der Waals surface area contributed by atoms with E-state index in [0.29, 0.717) is 5.56 Å². The number of aromatic hydroxyl groups is 1. The third-order valence-corrected chi connectivity index (χ3v) is 4.01. The molecular weight excluding hydrogens is 254 g/mol. The first kappa shape index (κ1) is 12.6. The minimum Gasteiger partial charge on any atom is -0.508 e. The number of sulfone groups is 1. The Morgan fingerprint density at radius 2 is 2.11 bits per heavy atom. The first-order valence-corrected chi connectivity index (χ1v) is 7.15. The molecule has 2 rings (SSSR count). The molecule has 2 N–H and O–H groups in total. The Morgan fingerprint density at radius 3 is 2.72 bits per heavy atom. The van der Waals surface area contributed by atoms with Gasteiger partial charge in [0.05, 0.1) is 18.2 Å². The predicted octanol–water partition coefficient (Wildman–Crippen LogP) is 0.362. The van der Waals surface area contributed by atoms with Crippen LogP contribution in [0, 0.1) is 0 Å². The molecule has 18 heavy (non-hydrogen) atoms. The maximum Gasteiger partial charge on any atom is 0.225 e. The highest BCUT2D eigenvalue weighted by Gasteiger charge is 2.23. The average Bonchev–Trinajstić information content (AvgIpc) is 2.61. The van der Waals surface area contributed by atoms with Crippen LogP contribution in [0.3, 0.4) is 0 Å². The molecule has 6 heteroatoms. The van der Waals surface area contributed by atoms with Crippen molar-refractivity contribution in [1.82, 2.24) is 5.32 Å². The lowest BCUT2D eigenvalue weighted by Gasteiger charge is -2.10. The Labute approximate surface area is 105 Å². The van der Waals surface area contributed by atoms with Crippen molar-refractivity contribution < 1.29 is 18.3 Å². The quantitative estimate of drug-likeness (QED) is 0.828. The minimum atomic E-state index is -3.17. The third-order valence-electron chi connectivity index (χ3n) is 2.62. The Bertz CT molecular complexity index is 592. The largest absolute Gasteiger partial charge is 0.508 e. The van der Waals surface area contributed by atoms with Crippen LogP contribution in [0.25, 0.3) is 0 Å². The number of hydrogen-bond donors (Lipinski definition) is 2. The molecule has 0 spiro atoms. The molecule has 0 saturated carbocycles. The zero-order valence-electron chi connectivity index (χ0n) is 9.54. The van der Waals surface area contributed by atoms with Gasteiger partial charge in [-0.3, -0.25) is 4.79 Å². The molecule has 1 aromatic carbocycles. The second-order valence-corrected chi connectivity index (χ2v) is 6.07. The summed E-state index contributed by atoms with van der Waals surface area (Å²) in [7, 11) is -3.17. The lowest BCUT2D eigenvalue weighted by atomic mass is 10.1. The maximum atomic E-state index is 11.7. The number of amides is 1. The van der Waals surface area contributed by atoms with Crippen LogP contribution in [0.2, 0.25) is 0 Å². The molecule has 1 amide bonds. The lowest BCUT2D eigenvalue weighted by Crippen LogP contribution is -2.36. The van der Waals surface area contributed by atoms with Crippen LogP contribution in [0.4, 0.5) is 0 Å². The summed E-state index contributed by atoms with van der Waals surface area (Å²) in [5, 5.41) is 13.2. The zero-order valence-corrected chi connectivity index (χ0v) is 10.4. The highest BCUT2D eigenvalue weighted by molar-refractivity contribution is 7.94. The van der Waals surface area contributed by atoms with Gasteiger partial charge in [0, 0.05) is 11.0 Å². The molecule has 1 aliphatic rings. The standard InChI is InChI=1S/C12H13NO4S/c14-11-4-2-1-3-9(11)7-12(15)13-10-5-6-18(16,17)8-10/h1-6,10,14H,7-8H2,(H,13,15). The van der Waals surface area contributed by atoms with Crippen LogP contribution in [0.1, 0.15) is 5.56 Å². The van der Waals surface area contributed by atoms with Crippen LogP contribution in [-0.4, -0.2) is 31.2 Å². The van der Waals surface area contributed by atoms with E-state index in [-0.39, 0.29) is 23.8 Å². The smallest absolute Gasteiger partial charge is 0.225 e. The van der Waals surface area contributed by atoms with Crippen molar-refractivity contribution in [3.8, 4) is 5.75 Å². The van der Waals surface area contributed by atoms with E-state index < -0.39 is 15.9 Å². The fraction of sp³-hybridized carbons (Fsp3) is 0.250. The highest BCUT2D eigenvalue weighted by Crippen LogP contribution is 2.16. The summed E-state index contributed by atoms with van der Waals surface area (Å²) in [5.41, 5.74) is 0.514. The first-order chi connectivity index (χ1) is 8.46. The number of phenolic OH excluding ortho intramolecular Hbond substituents is 1. The van der Waals surface area contributed by atoms with Gasteiger partial charge in [0.25, 0.3) is 0 Å². The van der Waals surface area contributed by atoms with Gasteiger partial charge >= 0.3 is 0 Å². The number of rotatable bonds is 3. The highest BCUT2D eigenvalue weighted by atomic mass is 32.2. The number of carbonyl (C=O) groups is 1. The number of hydrogen-bond acceptors (Lipinski definition) is 4. The van der Waals surface area contributed by atoms with Gasteiger partial charge in [0.1, 0.15) is 5.75 Å². The van der Waals surface area contributed by atoms with E-state index in [4.69, 9.17) is 0 Å². The molecule has 5 nitrogen and oxygen atoms in total. The summed E-state index contributed by atoms with van der Waals surface area (Å²) in [6.07, 6.45) is 1.48. The summed E-state index contributed by atoms with van der Waals surface area (Å²) in [6, 6.07) is 6.07. The second-order valence-electron chi connectivity index (χ2n) is 4.14. The summed E-state index contributed by atoms with van der Waals surface area (Å²) in [6.45, 7) is 0. The van der Waals surface area contributed by atoms with Crippen molar-refractivity contribution in [3.05, 3.63) is 41.3 Å². The molecule has 0 aliphatic carbocycles. The van der Waals surface area contributed by atoms with Gasteiger partial charge in [-0.2, -0.15) is 0 Å².